The standard InChI is InChI=1S/C11H20N2O3/c1-8-3-4-9(5-8)6-12-11(16)13(2)7-10(14)15/h8-9H,3-7H2,1-2H3,(H,12,16)(H,14,15). The Bertz CT molecular complexity index is 268. The Morgan fingerprint density at radius 2 is 2.12 bits per heavy atom. The van der Waals surface area contributed by atoms with Crippen LogP contribution in [-0.2, 0) is 4.79 Å². The number of carbonyl (C=O) groups is 2. The van der Waals surface area contributed by atoms with Crippen LogP contribution in [0.3, 0.4) is 0 Å². The largest absolute Gasteiger partial charge is 0.480 e. The highest BCUT2D eigenvalue weighted by Crippen LogP contribution is 2.29. The summed E-state index contributed by atoms with van der Waals surface area (Å²) in [4.78, 5) is 23.0. The highest BCUT2D eigenvalue weighted by Gasteiger charge is 2.22. The summed E-state index contributed by atoms with van der Waals surface area (Å²) in [7, 11) is 1.49. The number of hydrogen-bond donors (Lipinski definition) is 2. The summed E-state index contributed by atoms with van der Waals surface area (Å²) in [6.07, 6.45) is 3.54. The van der Waals surface area contributed by atoms with Gasteiger partial charge in [0.2, 0.25) is 0 Å². The number of nitrogens with one attached hydrogen (secondary N) is 1. The fraction of sp³-hybridized carbons (Fsp3) is 0.818. The fourth-order valence-corrected chi connectivity index (χ4v) is 2.15. The molecule has 2 atom stereocenters. The number of carbonyl (C=O) groups excluding carboxylic acids is 1. The molecule has 0 saturated heterocycles. The molecule has 0 heterocycles. The average molecular weight is 228 g/mol. The lowest BCUT2D eigenvalue weighted by atomic mass is 10.1. The van der Waals surface area contributed by atoms with E-state index in [4.69, 9.17) is 5.11 Å². The quantitative estimate of drug-likeness (QED) is 0.758. The zero-order valence-electron chi connectivity index (χ0n) is 9.90. The van der Waals surface area contributed by atoms with Crippen LogP contribution in [0, 0.1) is 11.8 Å². The molecule has 0 aromatic carbocycles. The third-order valence-electron chi connectivity index (χ3n) is 3.06. The van der Waals surface area contributed by atoms with E-state index in [1.54, 1.807) is 0 Å². The van der Waals surface area contributed by atoms with Crippen molar-refractivity contribution in [2.45, 2.75) is 26.2 Å². The first-order valence-corrected chi connectivity index (χ1v) is 5.69. The predicted molar refractivity (Wildman–Crippen MR) is 60.2 cm³/mol. The van der Waals surface area contributed by atoms with Crippen molar-refractivity contribution in [1.82, 2.24) is 10.2 Å². The van der Waals surface area contributed by atoms with Gasteiger partial charge in [0.05, 0.1) is 0 Å². The monoisotopic (exact) mass is 228 g/mol. The highest BCUT2D eigenvalue weighted by molar-refractivity contribution is 5.79. The second-order valence-electron chi connectivity index (χ2n) is 4.72. The SMILES string of the molecule is CC1CCC(CNC(=O)N(C)CC(=O)O)C1. The van der Waals surface area contributed by atoms with Crippen molar-refractivity contribution in [3.05, 3.63) is 0 Å². The molecular formula is C11H20N2O3. The molecule has 0 spiro atoms. The molecule has 1 fully saturated rings. The second kappa shape index (κ2) is 5.72. The van der Waals surface area contributed by atoms with E-state index in [0.717, 1.165) is 18.8 Å². The molecule has 92 valence electrons. The molecule has 1 rings (SSSR count). The predicted octanol–water partition coefficient (Wildman–Crippen LogP) is 1.15. The summed E-state index contributed by atoms with van der Waals surface area (Å²) in [5.41, 5.74) is 0. The van der Waals surface area contributed by atoms with E-state index < -0.39 is 5.97 Å². The molecule has 0 aromatic rings. The van der Waals surface area contributed by atoms with Gasteiger partial charge in [0.25, 0.3) is 0 Å². The van der Waals surface area contributed by atoms with Crippen LogP contribution in [0.2, 0.25) is 0 Å². The van der Waals surface area contributed by atoms with Crippen LogP contribution in [0.5, 0.6) is 0 Å². The summed E-state index contributed by atoms with van der Waals surface area (Å²) in [5.74, 6) is 0.308. The minimum Gasteiger partial charge on any atom is -0.480 e. The maximum absolute atomic E-state index is 11.5. The smallest absolute Gasteiger partial charge is 0.323 e. The topological polar surface area (TPSA) is 69.6 Å². The average Bonchev–Trinajstić information content (AvgIpc) is 2.59. The van der Waals surface area contributed by atoms with Crippen LogP contribution >= 0.6 is 0 Å². The van der Waals surface area contributed by atoms with Crippen molar-refractivity contribution >= 4 is 12.0 Å². The number of amides is 2. The van der Waals surface area contributed by atoms with Gasteiger partial charge < -0.3 is 15.3 Å². The van der Waals surface area contributed by atoms with Crippen molar-refractivity contribution in [3.63, 3.8) is 0 Å². The third-order valence-corrected chi connectivity index (χ3v) is 3.06. The number of nitrogens with zero attached hydrogens (tertiary/aromatic N) is 1. The molecule has 0 bridgehead atoms. The lowest BCUT2D eigenvalue weighted by Gasteiger charge is -2.17. The number of likely N-dealkylation sites (N-methyl/N-ethyl adjacent to an activating group) is 1. The molecule has 2 amide bonds. The second-order valence-corrected chi connectivity index (χ2v) is 4.72. The normalized spacial score (nSPS) is 24.1. The number of aliphatic carboxylic acids is 1. The Morgan fingerprint density at radius 1 is 1.44 bits per heavy atom. The van der Waals surface area contributed by atoms with Crippen molar-refractivity contribution in [1.29, 1.82) is 0 Å². The van der Waals surface area contributed by atoms with Crippen LogP contribution in [0.4, 0.5) is 4.79 Å². The van der Waals surface area contributed by atoms with E-state index in [-0.39, 0.29) is 12.6 Å². The van der Waals surface area contributed by atoms with Crippen LogP contribution in [-0.4, -0.2) is 42.1 Å². The lowest BCUT2D eigenvalue weighted by molar-refractivity contribution is -0.137. The van der Waals surface area contributed by atoms with Crippen molar-refractivity contribution in [2.24, 2.45) is 11.8 Å². The summed E-state index contributed by atoms with van der Waals surface area (Å²) < 4.78 is 0. The van der Waals surface area contributed by atoms with Gasteiger partial charge in [0.1, 0.15) is 6.54 Å². The summed E-state index contributed by atoms with van der Waals surface area (Å²) >= 11 is 0. The van der Waals surface area contributed by atoms with Crippen LogP contribution in [0.1, 0.15) is 26.2 Å². The maximum Gasteiger partial charge on any atom is 0.323 e. The van der Waals surface area contributed by atoms with Crippen molar-refractivity contribution in [3.8, 4) is 0 Å². The number of urea groups is 1. The first kappa shape index (κ1) is 12.8. The van der Waals surface area contributed by atoms with Gasteiger partial charge in [-0.15, -0.1) is 0 Å². The van der Waals surface area contributed by atoms with Crippen LogP contribution < -0.4 is 5.32 Å². The van der Waals surface area contributed by atoms with Gasteiger partial charge in [-0.25, -0.2) is 4.79 Å². The molecule has 5 nitrogen and oxygen atoms in total. The number of rotatable bonds is 4. The summed E-state index contributed by atoms with van der Waals surface area (Å²) in [6.45, 7) is 2.62. The molecule has 1 aliphatic carbocycles. The molecule has 0 radical (unpaired) electrons. The Labute approximate surface area is 95.8 Å². The Kier molecular flexibility index (Phi) is 4.58. The molecule has 2 N–H and O–H groups in total. The van der Waals surface area contributed by atoms with Gasteiger partial charge in [-0.05, 0) is 24.7 Å². The number of carboxylic acid groups (broad SMARTS) is 1. The first-order valence-electron chi connectivity index (χ1n) is 5.69. The number of hydrogen-bond acceptors (Lipinski definition) is 2. The maximum atomic E-state index is 11.5. The van der Waals surface area contributed by atoms with Gasteiger partial charge in [-0.1, -0.05) is 13.3 Å². The van der Waals surface area contributed by atoms with E-state index in [1.165, 1.54) is 18.4 Å². The first-order chi connectivity index (χ1) is 7.49. The molecule has 5 heteroatoms. The zero-order valence-corrected chi connectivity index (χ0v) is 9.90. The summed E-state index contributed by atoms with van der Waals surface area (Å²) in [6, 6.07) is -0.304. The molecule has 16 heavy (non-hydrogen) atoms. The third kappa shape index (κ3) is 4.08. The molecule has 1 aliphatic rings. The van der Waals surface area contributed by atoms with Gasteiger partial charge in [0, 0.05) is 13.6 Å². The minimum absolute atomic E-state index is 0.257. The molecule has 1 saturated carbocycles. The Hall–Kier alpha value is -1.26. The van der Waals surface area contributed by atoms with E-state index >= 15 is 0 Å². The van der Waals surface area contributed by atoms with Gasteiger partial charge >= 0.3 is 12.0 Å². The van der Waals surface area contributed by atoms with Crippen molar-refractivity contribution in [2.75, 3.05) is 20.1 Å². The summed E-state index contributed by atoms with van der Waals surface area (Å²) in [5, 5.41) is 11.3. The minimum atomic E-state index is -0.993. The molecule has 0 aromatic heterocycles. The van der Waals surface area contributed by atoms with Gasteiger partial charge in [-0.2, -0.15) is 0 Å². The van der Waals surface area contributed by atoms with Crippen molar-refractivity contribution < 1.29 is 14.7 Å². The lowest BCUT2D eigenvalue weighted by Crippen LogP contribution is -2.41. The molecular weight excluding hydrogens is 208 g/mol. The van der Waals surface area contributed by atoms with E-state index in [1.807, 2.05) is 0 Å². The van der Waals surface area contributed by atoms with E-state index in [0.29, 0.717) is 12.5 Å². The van der Waals surface area contributed by atoms with E-state index in [9.17, 15) is 9.59 Å². The van der Waals surface area contributed by atoms with E-state index in [2.05, 4.69) is 12.2 Å². The fourth-order valence-electron chi connectivity index (χ4n) is 2.15. The van der Waals surface area contributed by atoms with Crippen LogP contribution in [0.15, 0.2) is 0 Å². The Balaban J connectivity index is 2.21. The molecule has 2 unspecified atom stereocenters. The Morgan fingerprint density at radius 3 is 2.62 bits per heavy atom. The van der Waals surface area contributed by atoms with Gasteiger partial charge in [0.15, 0.2) is 0 Å². The zero-order chi connectivity index (χ0) is 12.1. The van der Waals surface area contributed by atoms with Crippen LogP contribution in [0.25, 0.3) is 0 Å². The number of carboxylic acids is 1. The van der Waals surface area contributed by atoms with Gasteiger partial charge in [-0.3, -0.25) is 4.79 Å². The highest BCUT2D eigenvalue weighted by atomic mass is 16.4. The molecule has 0 aliphatic heterocycles.